The number of ether oxygens (including phenoxy) is 1. The monoisotopic (exact) mass is 343 g/mol. The van der Waals surface area contributed by atoms with Crippen molar-refractivity contribution < 1.29 is 14.3 Å². The van der Waals surface area contributed by atoms with Crippen molar-refractivity contribution in [1.82, 2.24) is 15.5 Å². The summed E-state index contributed by atoms with van der Waals surface area (Å²) in [6.07, 6.45) is 1.18. The normalized spacial score (nSPS) is 12.0. The molecule has 0 saturated heterocycles. The van der Waals surface area contributed by atoms with Crippen LogP contribution in [0.15, 0.2) is 36.4 Å². The van der Waals surface area contributed by atoms with Gasteiger partial charge in [-0.1, -0.05) is 44.2 Å². The molecule has 1 heterocycles. The number of benzene rings is 1. The quantitative estimate of drug-likeness (QED) is 0.721. The first-order valence-electron chi connectivity index (χ1n) is 8.55. The lowest BCUT2D eigenvalue weighted by Gasteiger charge is -2.16. The molecule has 2 aromatic rings. The Morgan fingerprint density at radius 1 is 1.20 bits per heavy atom. The Morgan fingerprint density at radius 3 is 2.56 bits per heavy atom. The second kappa shape index (κ2) is 9.01. The predicted octanol–water partition coefficient (Wildman–Crippen LogP) is 2.51. The van der Waals surface area contributed by atoms with Crippen LogP contribution in [0.5, 0.6) is 0 Å². The molecular formula is C19H25N3O3. The van der Waals surface area contributed by atoms with Gasteiger partial charge in [0.15, 0.2) is 0 Å². The molecule has 25 heavy (non-hydrogen) atoms. The van der Waals surface area contributed by atoms with Gasteiger partial charge in [0, 0.05) is 12.1 Å². The van der Waals surface area contributed by atoms with E-state index in [4.69, 9.17) is 4.74 Å². The molecule has 0 aliphatic rings. The Balaban J connectivity index is 2.08. The zero-order valence-corrected chi connectivity index (χ0v) is 14.9. The van der Waals surface area contributed by atoms with Crippen LogP contribution in [-0.4, -0.2) is 34.7 Å². The lowest BCUT2D eigenvalue weighted by Crippen LogP contribution is -2.43. The molecule has 6 heteroatoms. The average Bonchev–Trinajstić information content (AvgIpc) is 3.03. The number of H-pyrrole nitrogens is 1. The summed E-state index contributed by atoms with van der Waals surface area (Å²) in [6, 6.07) is 10.5. The minimum Gasteiger partial charge on any atom is -0.464 e. The van der Waals surface area contributed by atoms with E-state index in [0.717, 1.165) is 17.7 Å². The van der Waals surface area contributed by atoms with Crippen LogP contribution in [0.3, 0.4) is 0 Å². The first-order valence-corrected chi connectivity index (χ1v) is 8.55. The van der Waals surface area contributed by atoms with E-state index >= 15 is 0 Å². The maximum atomic E-state index is 12.5. The fourth-order valence-electron chi connectivity index (χ4n) is 2.54. The minimum absolute atomic E-state index is 0.265. The van der Waals surface area contributed by atoms with Crippen molar-refractivity contribution in [3.63, 3.8) is 0 Å². The van der Waals surface area contributed by atoms with Crippen LogP contribution in [0.2, 0.25) is 0 Å². The van der Waals surface area contributed by atoms with E-state index in [1.165, 1.54) is 0 Å². The molecule has 1 unspecified atom stereocenters. The second-order valence-electron chi connectivity index (χ2n) is 6.34. The summed E-state index contributed by atoms with van der Waals surface area (Å²) in [5.74, 6) is -0.375. The van der Waals surface area contributed by atoms with Crippen LogP contribution in [0.4, 0.5) is 0 Å². The molecule has 0 fully saturated rings. The summed E-state index contributed by atoms with van der Waals surface area (Å²) in [5.41, 5.74) is 2.12. The maximum absolute atomic E-state index is 12.5. The molecule has 2 N–H and O–H groups in total. The van der Waals surface area contributed by atoms with Gasteiger partial charge < -0.3 is 10.1 Å². The highest BCUT2D eigenvalue weighted by atomic mass is 16.5. The minimum atomic E-state index is -0.750. The molecule has 0 radical (unpaired) electrons. The highest BCUT2D eigenvalue weighted by Gasteiger charge is 2.24. The summed E-state index contributed by atoms with van der Waals surface area (Å²) < 4.78 is 5.09. The van der Waals surface area contributed by atoms with Gasteiger partial charge in [-0.05, 0) is 30.9 Å². The first kappa shape index (κ1) is 18.7. The molecule has 134 valence electrons. The fraction of sp³-hybridized carbons (Fsp3) is 0.421. The Morgan fingerprint density at radius 2 is 1.92 bits per heavy atom. The van der Waals surface area contributed by atoms with Crippen molar-refractivity contribution in [2.75, 3.05) is 6.61 Å². The Kier molecular flexibility index (Phi) is 6.74. The van der Waals surface area contributed by atoms with E-state index in [0.29, 0.717) is 12.3 Å². The highest BCUT2D eigenvalue weighted by Crippen LogP contribution is 2.09. The smallest absolute Gasteiger partial charge is 0.328 e. The van der Waals surface area contributed by atoms with Crippen molar-refractivity contribution in [2.45, 2.75) is 39.7 Å². The third kappa shape index (κ3) is 5.74. The molecule has 1 aromatic carbocycles. The summed E-state index contributed by atoms with van der Waals surface area (Å²) in [6.45, 7) is 6.20. The zero-order chi connectivity index (χ0) is 18.2. The maximum Gasteiger partial charge on any atom is 0.328 e. The van der Waals surface area contributed by atoms with Crippen LogP contribution in [0, 0.1) is 5.92 Å². The van der Waals surface area contributed by atoms with Crippen molar-refractivity contribution in [3.05, 3.63) is 53.3 Å². The van der Waals surface area contributed by atoms with E-state index in [2.05, 4.69) is 29.4 Å². The van der Waals surface area contributed by atoms with E-state index in [9.17, 15) is 9.59 Å². The molecular weight excluding hydrogens is 318 g/mol. The number of amides is 1. The number of rotatable bonds is 8. The van der Waals surface area contributed by atoms with Crippen molar-refractivity contribution >= 4 is 11.9 Å². The van der Waals surface area contributed by atoms with Crippen molar-refractivity contribution in [1.29, 1.82) is 0 Å². The fourth-order valence-corrected chi connectivity index (χ4v) is 2.54. The number of carbonyl (C=O) groups excluding carboxylic acids is 2. The molecule has 0 aliphatic heterocycles. The molecule has 1 amide bonds. The second-order valence-corrected chi connectivity index (χ2v) is 6.34. The lowest BCUT2D eigenvalue weighted by molar-refractivity contribution is -0.145. The number of carbonyl (C=O) groups is 2. The van der Waals surface area contributed by atoms with Gasteiger partial charge in [-0.2, -0.15) is 5.10 Å². The molecule has 0 bridgehead atoms. The Hall–Kier alpha value is -2.63. The van der Waals surface area contributed by atoms with Crippen molar-refractivity contribution in [3.8, 4) is 0 Å². The third-order valence-electron chi connectivity index (χ3n) is 3.65. The molecule has 1 atom stereocenters. The SMILES string of the molecule is CCOC(=O)C(Cc1ccccc1)NC(=O)c1cc(CC(C)C)[nH]n1. The van der Waals surface area contributed by atoms with Crippen LogP contribution >= 0.6 is 0 Å². The predicted molar refractivity (Wildman–Crippen MR) is 95.2 cm³/mol. The summed E-state index contributed by atoms with van der Waals surface area (Å²) in [7, 11) is 0. The molecule has 6 nitrogen and oxygen atoms in total. The van der Waals surface area contributed by atoms with Gasteiger partial charge in [-0.3, -0.25) is 9.89 Å². The highest BCUT2D eigenvalue weighted by molar-refractivity contribution is 5.95. The molecule has 1 aromatic heterocycles. The van der Waals surface area contributed by atoms with Gasteiger partial charge in [0.05, 0.1) is 6.61 Å². The lowest BCUT2D eigenvalue weighted by atomic mass is 10.1. The Bertz CT molecular complexity index is 695. The van der Waals surface area contributed by atoms with Gasteiger partial charge in [-0.15, -0.1) is 0 Å². The summed E-state index contributed by atoms with van der Waals surface area (Å²) >= 11 is 0. The molecule has 0 spiro atoms. The van der Waals surface area contributed by atoms with Crippen LogP contribution in [-0.2, 0) is 22.4 Å². The summed E-state index contributed by atoms with van der Waals surface area (Å²) in [5, 5.41) is 9.65. The topological polar surface area (TPSA) is 84.1 Å². The summed E-state index contributed by atoms with van der Waals surface area (Å²) in [4.78, 5) is 24.7. The number of esters is 1. The standard InChI is InChI=1S/C19H25N3O3/c1-4-25-19(24)17(11-14-8-6-5-7-9-14)20-18(23)16-12-15(21-22-16)10-13(2)3/h5-9,12-13,17H,4,10-11H2,1-3H3,(H,20,23)(H,21,22). The first-order chi connectivity index (χ1) is 12.0. The number of hydrogen-bond donors (Lipinski definition) is 2. The molecule has 2 rings (SSSR count). The van der Waals surface area contributed by atoms with Crippen LogP contribution in [0.25, 0.3) is 0 Å². The van der Waals surface area contributed by atoms with E-state index in [1.54, 1.807) is 13.0 Å². The van der Waals surface area contributed by atoms with E-state index < -0.39 is 12.0 Å². The van der Waals surface area contributed by atoms with Gasteiger partial charge in [0.1, 0.15) is 11.7 Å². The average molecular weight is 343 g/mol. The largest absolute Gasteiger partial charge is 0.464 e. The van der Waals surface area contributed by atoms with Gasteiger partial charge in [0.25, 0.3) is 5.91 Å². The van der Waals surface area contributed by atoms with E-state index in [1.807, 2.05) is 30.3 Å². The number of aromatic nitrogens is 2. The molecule has 0 saturated carbocycles. The number of nitrogens with one attached hydrogen (secondary N) is 2. The van der Waals surface area contributed by atoms with Gasteiger partial charge >= 0.3 is 5.97 Å². The van der Waals surface area contributed by atoms with Crippen molar-refractivity contribution in [2.24, 2.45) is 5.92 Å². The number of hydrogen-bond acceptors (Lipinski definition) is 4. The molecule has 0 aliphatic carbocycles. The van der Waals surface area contributed by atoms with Gasteiger partial charge in [0.2, 0.25) is 0 Å². The number of nitrogens with zero attached hydrogens (tertiary/aromatic N) is 1. The third-order valence-corrected chi connectivity index (χ3v) is 3.65. The van der Waals surface area contributed by atoms with Gasteiger partial charge in [-0.25, -0.2) is 4.79 Å². The zero-order valence-electron chi connectivity index (χ0n) is 14.9. The van der Waals surface area contributed by atoms with Crippen LogP contribution < -0.4 is 5.32 Å². The van der Waals surface area contributed by atoms with E-state index in [-0.39, 0.29) is 18.2 Å². The number of aromatic amines is 1. The van der Waals surface area contributed by atoms with Crippen LogP contribution in [0.1, 0.15) is 42.5 Å². The Labute approximate surface area is 148 Å².